The van der Waals surface area contributed by atoms with E-state index in [9.17, 15) is 24.0 Å². The number of aromatic nitrogens is 3. The first-order chi connectivity index (χ1) is 23.7. The number of phenolic OH excluding ortho intramolecular Hbond substituents is 2. The Balaban J connectivity index is 0.00000230. The molecule has 0 saturated carbocycles. The van der Waals surface area contributed by atoms with Gasteiger partial charge in [-0.25, -0.2) is 19.0 Å². The second-order valence-corrected chi connectivity index (χ2v) is 12.2. The van der Waals surface area contributed by atoms with Crippen LogP contribution < -0.4 is 19.9 Å². The van der Waals surface area contributed by atoms with E-state index in [1.807, 2.05) is 49.5 Å². The molecule has 1 aliphatic heterocycles. The first-order valence-electron chi connectivity index (χ1n) is 15.4. The molecule has 256 valence electrons. The van der Waals surface area contributed by atoms with Crippen LogP contribution in [0.3, 0.4) is 0 Å². The molecule has 0 spiro atoms. The van der Waals surface area contributed by atoms with Crippen LogP contribution in [0.5, 0.6) is 11.5 Å². The number of hydrogen-bond acceptors (Lipinski definition) is 9. The maximum Gasteiger partial charge on any atom is 0.271 e. The average molecular weight is 689 g/mol. The van der Waals surface area contributed by atoms with Gasteiger partial charge in [0.25, 0.3) is 11.8 Å². The normalized spacial score (nSPS) is 16.2. The highest BCUT2D eigenvalue weighted by Gasteiger charge is 2.41. The lowest BCUT2D eigenvalue weighted by molar-refractivity contribution is -0.596. The minimum absolute atomic E-state index is 0.223. The maximum absolute atomic E-state index is 13.6. The number of phenols is 2. The van der Waals surface area contributed by atoms with Gasteiger partial charge in [-0.3, -0.25) is 14.4 Å². The monoisotopic (exact) mass is 688 g/mol. The molecule has 15 heteroatoms. The van der Waals surface area contributed by atoms with Crippen molar-refractivity contribution in [1.29, 1.82) is 0 Å². The third-order valence-corrected chi connectivity index (χ3v) is 9.12. The summed E-state index contributed by atoms with van der Waals surface area (Å²) >= 11 is 0. The van der Waals surface area contributed by atoms with Crippen molar-refractivity contribution in [3.63, 3.8) is 0 Å². The van der Waals surface area contributed by atoms with Crippen LogP contribution in [0.2, 0.25) is 0 Å². The van der Waals surface area contributed by atoms with Crippen LogP contribution in [0.15, 0.2) is 90.5 Å². The fraction of sp³-hybridized carbons (Fsp3) is 0.235. The second kappa shape index (κ2) is 15.7. The number of nitrogens with zero attached hydrogens (tertiary/aromatic N) is 3. The highest BCUT2D eigenvalue weighted by atomic mass is 32.2. The molecule has 1 fully saturated rings. The molecule has 7 N–H and O–H groups in total. The number of amides is 2. The van der Waals surface area contributed by atoms with Gasteiger partial charge in [0.2, 0.25) is 5.69 Å². The van der Waals surface area contributed by atoms with Crippen molar-refractivity contribution in [2.45, 2.75) is 36.9 Å². The molecule has 2 amide bonds. The van der Waals surface area contributed by atoms with Gasteiger partial charge in [0, 0.05) is 73.2 Å². The van der Waals surface area contributed by atoms with Gasteiger partial charge in [-0.15, -0.1) is 0 Å². The van der Waals surface area contributed by atoms with Crippen molar-refractivity contribution in [1.82, 2.24) is 25.1 Å². The Hall–Kier alpha value is -5.35. The number of aliphatic hydroxyl groups is 1. The molecule has 3 aromatic carbocycles. The average Bonchev–Trinajstić information content (AvgIpc) is 3.75. The number of aliphatic hydroxyl groups excluding tert-OH is 1. The molecule has 0 aliphatic carbocycles. The number of aromatic hydroxyl groups is 2. The number of anilines is 1. The summed E-state index contributed by atoms with van der Waals surface area (Å²) in [4.78, 5) is 40.0. The molecule has 3 heterocycles. The third-order valence-electron chi connectivity index (χ3n) is 7.96. The van der Waals surface area contributed by atoms with E-state index >= 15 is 0 Å². The molecule has 1 saturated heterocycles. The number of carbonyl (C=O) groups is 2. The number of aromatic amines is 1. The second-order valence-electron chi connectivity index (χ2n) is 11.0. The van der Waals surface area contributed by atoms with Crippen molar-refractivity contribution in [3.05, 3.63) is 102 Å². The van der Waals surface area contributed by atoms with Gasteiger partial charge in [-0.2, -0.15) is 4.57 Å². The van der Waals surface area contributed by atoms with Gasteiger partial charge in [0.05, 0.1) is 17.8 Å². The molecule has 3 unspecified atom stereocenters. The summed E-state index contributed by atoms with van der Waals surface area (Å²) < 4.78 is 18.0. The van der Waals surface area contributed by atoms with Crippen LogP contribution in [0.1, 0.15) is 28.5 Å². The van der Waals surface area contributed by atoms with Crippen LogP contribution in [-0.2, 0) is 33.6 Å². The van der Waals surface area contributed by atoms with Crippen LogP contribution in [0.4, 0.5) is 5.69 Å². The van der Waals surface area contributed by atoms with Gasteiger partial charge >= 0.3 is 0 Å². The van der Waals surface area contributed by atoms with E-state index in [-0.39, 0.29) is 24.3 Å². The summed E-state index contributed by atoms with van der Waals surface area (Å²) in [5.74, 6) is -2.34. The third kappa shape index (κ3) is 7.54. The number of H-pyrrole nitrogens is 1. The van der Waals surface area contributed by atoms with Crippen LogP contribution >= 0.6 is 0 Å². The number of hydrogen-bond donors (Lipinski definition) is 7. The molecule has 14 nitrogen and oxygen atoms in total. The van der Waals surface area contributed by atoms with Crippen molar-refractivity contribution < 1.29 is 38.5 Å². The molecule has 1 aliphatic rings. The molecule has 5 aromatic rings. The van der Waals surface area contributed by atoms with Gasteiger partial charge in [0.1, 0.15) is 23.1 Å². The van der Waals surface area contributed by atoms with E-state index in [2.05, 4.69) is 25.3 Å². The predicted molar refractivity (Wildman–Crippen MR) is 182 cm³/mol. The first kappa shape index (κ1) is 35.0. The Morgan fingerprint density at radius 1 is 1.08 bits per heavy atom. The number of nitrogens with one attached hydrogen (secondary N) is 4. The molecular formula is C34H38N7O7S+. The van der Waals surface area contributed by atoms with Crippen LogP contribution in [0, 0.1) is 0 Å². The Kier molecular flexibility index (Phi) is 11.2. The quantitative estimate of drug-likeness (QED) is 0.0805. The standard InChI is InChI=1S/C33H33N7O6S.CH4O/c1-20-30(33(44)40(46-20)15-13-22-17-35-19-36-22)38-32(43)29-26(11-12-27(41)31(29)42)39-14-5-6-21(18-39)16-37-47(45)28-10-4-7-23-24(28)8-3-9-25(23)34-2;1-2/h3-12,14,17-20,30,34,37H,13,15-16H2,1-2H3,(H3-,35,36,38,41,42,43);2H,1H3/p+1. The number of hydroxylamine groups is 2. The Bertz CT molecular complexity index is 1970. The summed E-state index contributed by atoms with van der Waals surface area (Å²) in [5, 5.41) is 37.0. The van der Waals surface area contributed by atoms with Gasteiger partial charge in [-0.05, 0) is 31.2 Å². The fourth-order valence-corrected chi connectivity index (χ4v) is 6.58. The van der Waals surface area contributed by atoms with Crippen LogP contribution in [-0.4, -0.2) is 79.2 Å². The van der Waals surface area contributed by atoms with Crippen molar-refractivity contribution in [2.75, 3.05) is 26.0 Å². The van der Waals surface area contributed by atoms with Gasteiger partial charge in [-0.1, -0.05) is 24.3 Å². The van der Waals surface area contributed by atoms with E-state index in [0.29, 0.717) is 11.3 Å². The smallest absolute Gasteiger partial charge is 0.271 e. The Morgan fingerprint density at radius 2 is 1.86 bits per heavy atom. The van der Waals surface area contributed by atoms with Crippen molar-refractivity contribution in [3.8, 4) is 17.2 Å². The van der Waals surface area contributed by atoms with Crippen LogP contribution in [0.25, 0.3) is 16.5 Å². The molecular weight excluding hydrogens is 650 g/mol. The minimum Gasteiger partial charge on any atom is -0.504 e. The topological polar surface area (TPSA) is 193 Å². The zero-order valence-electron chi connectivity index (χ0n) is 27.1. The number of rotatable bonds is 11. The number of fused-ring (bicyclic) bond motifs is 1. The minimum atomic E-state index is -1.54. The lowest BCUT2D eigenvalue weighted by atomic mass is 10.1. The molecule has 2 aromatic heterocycles. The van der Waals surface area contributed by atoms with Gasteiger partial charge < -0.3 is 30.9 Å². The predicted octanol–water partition coefficient (Wildman–Crippen LogP) is 2.22. The van der Waals surface area contributed by atoms with Crippen molar-refractivity contribution >= 4 is 39.3 Å². The fourth-order valence-electron chi connectivity index (χ4n) is 5.54. The lowest BCUT2D eigenvalue weighted by Gasteiger charge is -2.15. The molecule has 0 radical (unpaired) electrons. The molecule has 0 bridgehead atoms. The molecule has 3 atom stereocenters. The van der Waals surface area contributed by atoms with E-state index in [1.165, 1.54) is 17.2 Å². The number of pyridine rings is 1. The van der Waals surface area contributed by atoms with E-state index in [1.54, 1.807) is 42.5 Å². The highest BCUT2D eigenvalue weighted by molar-refractivity contribution is 7.83. The lowest BCUT2D eigenvalue weighted by Crippen LogP contribution is -2.46. The zero-order chi connectivity index (χ0) is 35.1. The summed E-state index contributed by atoms with van der Waals surface area (Å²) in [5.41, 5.74) is 2.52. The summed E-state index contributed by atoms with van der Waals surface area (Å²) in [6.45, 7) is 2.13. The maximum atomic E-state index is 13.6. The Morgan fingerprint density at radius 3 is 2.61 bits per heavy atom. The zero-order valence-corrected chi connectivity index (χ0v) is 27.9. The van der Waals surface area contributed by atoms with E-state index in [0.717, 1.165) is 34.8 Å². The summed E-state index contributed by atoms with van der Waals surface area (Å²) in [6.07, 6.45) is 6.40. The van der Waals surface area contributed by atoms with E-state index in [4.69, 9.17) is 9.94 Å². The number of imidazole rings is 1. The Labute approximate surface area is 284 Å². The SMILES string of the molecule is CNc1cccc2c(S(=O)NCc3ccc[n+](-c4ccc(O)c(O)c4C(=O)NC4C(=O)N(CCc5cnc[nH]5)OC4C)c3)cccc12.CO. The molecule has 49 heavy (non-hydrogen) atoms. The van der Waals surface area contributed by atoms with E-state index < -0.39 is 46.4 Å². The summed E-state index contributed by atoms with van der Waals surface area (Å²) in [7, 11) is 1.30. The largest absolute Gasteiger partial charge is 0.504 e. The van der Waals surface area contributed by atoms with Crippen molar-refractivity contribution in [2.24, 2.45) is 0 Å². The number of benzene rings is 3. The first-order valence-corrected chi connectivity index (χ1v) is 16.5. The summed E-state index contributed by atoms with van der Waals surface area (Å²) in [6, 6.07) is 16.8. The highest BCUT2D eigenvalue weighted by Crippen LogP contribution is 2.32. The number of carbonyl (C=O) groups excluding carboxylic acids is 2. The van der Waals surface area contributed by atoms with Gasteiger partial charge in [0.15, 0.2) is 29.5 Å². The molecule has 6 rings (SSSR count).